The third-order valence-corrected chi connectivity index (χ3v) is 6.46. The monoisotopic (exact) mass is 359 g/mol. The molecule has 1 aliphatic carbocycles. The van der Waals surface area contributed by atoms with E-state index in [2.05, 4.69) is 57.3 Å². The van der Waals surface area contributed by atoms with Crippen LogP contribution in [0.25, 0.3) is 11.1 Å². The van der Waals surface area contributed by atoms with E-state index in [-0.39, 0.29) is 0 Å². The van der Waals surface area contributed by atoms with Gasteiger partial charge in [0.05, 0.1) is 29.5 Å². The minimum atomic E-state index is 0.962. The van der Waals surface area contributed by atoms with E-state index in [0.717, 1.165) is 19.3 Å². The van der Waals surface area contributed by atoms with Gasteiger partial charge in [-0.2, -0.15) is 0 Å². The maximum atomic E-state index is 4.44. The largest absolute Gasteiger partial charge is 0.306 e. The first-order valence-electron chi connectivity index (χ1n) is 9.80. The number of hydrogen-bond acceptors (Lipinski definition) is 3. The average Bonchev–Trinajstić information content (AvgIpc) is 3.11. The van der Waals surface area contributed by atoms with Crippen LogP contribution < -0.4 is 4.90 Å². The summed E-state index contributed by atoms with van der Waals surface area (Å²) in [5, 5.41) is 0. The second-order valence-electron chi connectivity index (χ2n) is 7.93. The van der Waals surface area contributed by atoms with Crippen molar-refractivity contribution in [1.82, 2.24) is 9.97 Å². The van der Waals surface area contributed by atoms with Gasteiger partial charge in [0.15, 0.2) is 0 Å². The molecule has 2 aromatic heterocycles. The summed E-state index contributed by atoms with van der Waals surface area (Å²) in [6, 6.07) is 15.7. The molecule has 0 fully saturated rings. The number of fused-ring (bicyclic) bond motifs is 8. The first-order valence-corrected chi connectivity index (χ1v) is 9.80. The highest BCUT2D eigenvalue weighted by molar-refractivity contribution is 5.95. The molecule has 3 heteroatoms. The third kappa shape index (κ3) is 1.74. The van der Waals surface area contributed by atoms with Crippen LogP contribution in [0.2, 0.25) is 0 Å². The molecule has 4 aromatic rings. The Hall–Kier alpha value is -3.46. The second-order valence-corrected chi connectivity index (χ2v) is 7.93. The molecular formula is C25H17N3. The SMILES string of the molecule is c1ccc2c(c1)Cc1cc3c4c(c1-2)Cc1ccncc1N4c1cnccc1C3. The minimum Gasteiger partial charge on any atom is -0.306 e. The quantitative estimate of drug-likeness (QED) is 0.367. The highest BCUT2D eigenvalue weighted by atomic mass is 15.2. The maximum absolute atomic E-state index is 4.44. The lowest BCUT2D eigenvalue weighted by Gasteiger charge is -2.39. The standard InChI is InChI=1S/C25H17N3/c1-2-4-20-15(3-1)9-18-11-19-10-16-5-7-26-13-22(16)28-23-14-27-8-6-17(23)12-21(24(18)20)25(19)28/h1-8,11,13-14H,9-10,12H2. The molecule has 0 amide bonds. The van der Waals surface area contributed by atoms with E-state index < -0.39 is 0 Å². The predicted molar refractivity (Wildman–Crippen MR) is 111 cm³/mol. The van der Waals surface area contributed by atoms with Crippen LogP contribution in [-0.2, 0) is 19.3 Å². The maximum Gasteiger partial charge on any atom is 0.0681 e. The van der Waals surface area contributed by atoms with Crippen LogP contribution in [0.4, 0.5) is 17.1 Å². The van der Waals surface area contributed by atoms with E-state index >= 15 is 0 Å². The molecule has 3 aliphatic rings. The molecule has 0 saturated carbocycles. The highest BCUT2D eigenvalue weighted by Crippen LogP contribution is 2.54. The zero-order valence-electron chi connectivity index (χ0n) is 15.3. The van der Waals surface area contributed by atoms with E-state index in [4.69, 9.17) is 0 Å². The smallest absolute Gasteiger partial charge is 0.0681 e. The van der Waals surface area contributed by atoms with Crippen molar-refractivity contribution in [3.05, 3.63) is 101 Å². The van der Waals surface area contributed by atoms with Crippen molar-refractivity contribution in [3.8, 4) is 11.1 Å². The Bertz CT molecular complexity index is 1290. The van der Waals surface area contributed by atoms with E-state index in [1.54, 1.807) is 0 Å². The number of pyridine rings is 2. The van der Waals surface area contributed by atoms with E-state index in [1.807, 2.05) is 24.8 Å². The van der Waals surface area contributed by atoms with Gasteiger partial charge in [0, 0.05) is 25.2 Å². The molecule has 0 saturated heterocycles. The minimum absolute atomic E-state index is 0.962. The highest BCUT2D eigenvalue weighted by Gasteiger charge is 2.36. The van der Waals surface area contributed by atoms with Gasteiger partial charge in [-0.3, -0.25) is 9.97 Å². The Morgan fingerprint density at radius 2 is 1.39 bits per heavy atom. The molecule has 2 aliphatic heterocycles. The fraction of sp³-hybridized carbons (Fsp3) is 0.120. The van der Waals surface area contributed by atoms with Gasteiger partial charge in [-0.05, 0) is 63.1 Å². The Labute approximate surface area is 163 Å². The predicted octanol–water partition coefficient (Wildman–Crippen LogP) is 5.33. The summed E-state index contributed by atoms with van der Waals surface area (Å²) >= 11 is 0. The zero-order valence-corrected chi connectivity index (χ0v) is 15.3. The van der Waals surface area contributed by atoms with Crippen LogP contribution >= 0.6 is 0 Å². The van der Waals surface area contributed by atoms with Gasteiger partial charge in [0.2, 0.25) is 0 Å². The second kappa shape index (κ2) is 5.08. The number of hydrogen-bond donors (Lipinski definition) is 0. The summed E-state index contributed by atoms with van der Waals surface area (Å²) in [5.74, 6) is 0. The summed E-state index contributed by atoms with van der Waals surface area (Å²) in [6.45, 7) is 0. The topological polar surface area (TPSA) is 29.0 Å². The molecule has 7 rings (SSSR count). The molecular weight excluding hydrogens is 342 g/mol. The molecule has 4 heterocycles. The Morgan fingerprint density at radius 1 is 0.679 bits per heavy atom. The van der Waals surface area contributed by atoms with Crippen molar-refractivity contribution in [2.75, 3.05) is 4.90 Å². The van der Waals surface area contributed by atoms with Gasteiger partial charge in [0.1, 0.15) is 0 Å². The van der Waals surface area contributed by atoms with Crippen LogP contribution in [0.5, 0.6) is 0 Å². The number of rotatable bonds is 0. The van der Waals surface area contributed by atoms with Crippen molar-refractivity contribution >= 4 is 17.1 Å². The van der Waals surface area contributed by atoms with E-state index in [9.17, 15) is 0 Å². The number of aromatic nitrogens is 2. The van der Waals surface area contributed by atoms with Gasteiger partial charge in [-0.25, -0.2) is 0 Å². The molecule has 0 atom stereocenters. The molecule has 0 N–H and O–H groups in total. The number of nitrogens with zero attached hydrogens (tertiary/aromatic N) is 3. The van der Waals surface area contributed by atoms with Crippen LogP contribution in [0, 0.1) is 0 Å². The Balaban J connectivity index is 1.60. The summed E-state index contributed by atoms with van der Waals surface area (Å²) in [6.07, 6.45) is 10.8. The van der Waals surface area contributed by atoms with Crippen molar-refractivity contribution in [1.29, 1.82) is 0 Å². The molecule has 28 heavy (non-hydrogen) atoms. The van der Waals surface area contributed by atoms with Crippen LogP contribution in [0.3, 0.4) is 0 Å². The van der Waals surface area contributed by atoms with Crippen LogP contribution in [-0.4, -0.2) is 9.97 Å². The molecule has 2 aromatic carbocycles. The zero-order chi connectivity index (χ0) is 18.2. The Kier molecular flexibility index (Phi) is 2.64. The fourth-order valence-corrected chi connectivity index (χ4v) is 5.34. The number of anilines is 3. The van der Waals surface area contributed by atoms with Crippen molar-refractivity contribution in [2.45, 2.75) is 19.3 Å². The van der Waals surface area contributed by atoms with E-state index in [0.29, 0.717) is 0 Å². The van der Waals surface area contributed by atoms with Gasteiger partial charge < -0.3 is 4.90 Å². The van der Waals surface area contributed by atoms with Gasteiger partial charge in [-0.15, -0.1) is 0 Å². The summed E-state index contributed by atoms with van der Waals surface area (Å²) in [7, 11) is 0. The van der Waals surface area contributed by atoms with Gasteiger partial charge >= 0.3 is 0 Å². The molecule has 0 bridgehead atoms. The van der Waals surface area contributed by atoms with Crippen molar-refractivity contribution in [3.63, 3.8) is 0 Å². The first-order chi connectivity index (χ1) is 13.9. The lowest BCUT2D eigenvalue weighted by molar-refractivity contribution is 0.989. The van der Waals surface area contributed by atoms with Gasteiger partial charge in [0.25, 0.3) is 0 Å². The number of benzene rings is 2. The van der Waals surface area contributed by atoms with Crippen LogP contribution in [0.1, 0.15) is 33.4 Å². The molecule has 132 valence electrons. The van der Waals surface area contributed by atoms with E-state index in [1.165, 1.54) is 61.6 Å². The molecule has 0 radical (unpaired) electrons. The third-order valence-electron chi connectivity index (χ3n) is 6.46. The van der Waals surface area contributed by atoms with Crippen molar-refractivity contribution in [2.24, 2.45) is 0 Å². The Morgan fingerprint density at radius 3 is 2.21 bits per heavy atom. The normalized spacial score (nSPS) is 14.6. The molecule has 0 spiro atoms. The van der Waals surface area contributed by atoms with Gasteiger partial charge in [-0.1, -0.05) is 30.3 Å². The average molecular weight is 359 g/mol. The molecule has 3 nitrogen and oxygen atoms in total. The molecule has 0 unspecified atom stereocenters. The first kappa shape index (κ1) is 14.6. The summed E-state index contributed by atoms with van der Waals surface area (Å²) in [5.41, 5.74) is 15.1. The van der Waals surface area contributed by atoms with Crippen LogP contribution in [0.15, 0.2) is 67.3 Å². The van der Waals surface area contributed by atoms with Crippen molar-refractivity contribution < 1.29 is 0 Å². The fourth-order valence-electron chi connectivity index (χ4n) is 5.34. The summed E-state index contributed by atoms with van der Waals surface area (Å²) < 4.78 is 0. The lowest BCUT2D eigenvalue weighted by Crippen LogP contribution is -2.25. The lowest BCUT2D eigenvalue weighted by atomic mass is 9.83. The summed E-state index contributed by atoms with van der Waals surface area (Å²) in [4.78, 5) is 11.3.